The zero-order chi connectivity index (χ0) is 16.1. The van der Waals surface area contributed by atoms with Crippen LogP contribution in [0, 0.1) is 0 Å². The number of carbonyl (C=O) groups is 2. The Hall–Kier alpha value is -2.33. The number of halogens is 1. The fraction of sp³-hybridized carbons (Fsp3) is 0.176. The largest absolute Gasteiger partial charge is 0.489 e. The van der Waals surface area contributed by atoms with Crippen LogP contribution >= 0.6 is 11.6 Å². The van der Waals surface area contributed by atoms with Crippen molar-refractivity contribution in [3.63, 3.8) is 0 Å². The summed E-state index contributed by atoms with van der Waals surface area (Å²) in [7, 11) is 0. The molecule has 0 aliphatic carbocycles. The van der Waals surface area contributed by atoms with Crippen LogP contribution in [-0.4, -0.2) is 16.9 Å². The molecule has 1 N–H and O–H groups in total. The van der Waals surface area contributed by atoms with Crippen molar-refractivity contribution in [3.05, 3.63) is 64.2 Å². The summed E-state index contributed by atoms with van der Waals surface area (Å²) in [6, 6.07) is 12.1. The van der Waals surface area contributed by atoms with Crippen LogP contribution in [0.5, 0.6) is 5.75 Å². The topological polar surface area (TPSA) is 63.6 Å². The molecule has 0 amide bonds. The summed E-state index contributed by atoms with van der Waals surface area (Å²) in [5.74, 6) is -0.376. The van der Waals surface area contributed by atoms with E-state index in [1.807, 2.05) is 12.1 Å². The van der Waals surface area contributed by atoms with Gasteiger partial charge in [0.1, 0.15) is 12.4 Å². The van der Waals surface area contributed by atoms with E-state index in [1.165, 1.54) is 6.92 Å². The van der Waals surface area contributed by atoms with Gasteiger partial charge in [-0.25, -0.2) is 0 Å². The average Bonchev–Trinajstić information content (AvgIpc) is 2.45. The molecule has 0 radical (unpaired) electrons. The predicted molar refractivity (Wildman–Crippen MR) is 83.6 cm³/mol. The molecule has 0 saturated carbocycles. The van der Waals surface area contributed by atoms with Crippen molar-refractivity contribution < 1.29 is 19.4 Å². The van der Waals surface area contributed by atoms with Crippen molar-refractivity contribution in [1.82, 2.24) is 0 Å². The summed E-state index contributed by atoms with van der Waals surface area (Å²) in [6.07, 6.45) is 0.00323. The summed E-state index contributed by atoms with van der Waals surface area (Å²) in [6.45, 7) is 1.80. The lowest BCUT2D eigenvalue weighted by atomic mass is 10.1. The van der Waals surface area contributed by atoms with Gasteiger partial charge in [0.2, 0.25) is 0 Å². The van der Waals surface area contributed by atoms with Gasteiger partial charge >= 0.3 is 5.97 Å². The van der Waals surface area contributed by atoms with Gasteiger partial charge in [-0.1, -0.05) is 35.9 Å². The van der Waals surface area contributed by atoms with Gasteiger partial charge in [-0.05, 0) is 36.2 Å². The highest BCUT2D eigenvalue weighted by Gasteiger charge is 2.07. The molecule has 2 aromatic rings. The van der Waals surface area contributed by atoms with E-state index >= 15 is 0 Å². The van der Waals surface area contributed by atoms with Crippen molar-refractivity contribution in [2.75, 3.05) is 0 Å². The van der Waals surface area contributed by atoms with Crippen molar-refractivity contribution in [2.45, 2.75) is 20.0 Å². The quantitative estimate of drug-likeness (QED) is 0.824. The Bertz CT molecular complexity index is 692. The molecule has 22 heavy (non-hydrogen) atoms. The zero-order valence-electron chi connectivity index (χ0n) is 12.0. The van der Waals surface area contributed by atoms with Gasteiger partial charge in [0.05, 0.1) is 11.4 Å². The third-order valence-electron chi connectivity index (χ3n) is 3.10. The number of benzene rings is 2. The number of Topliss-reactive ketones (excluding diaryl/α,β-unsaturated/α-hetero) is 1. The number of hydrogen-bond acceptors (Lipinski definition) is 3. The number of carboxylic acid groups (broad SMARTS) is 1. The molecule has 0 atom stereocenters. The van der Waals surface area contributed by atoms with Crippen molar-refractivity contribution in [1.29, 1.82) is 0 Å². The highest BCUT2D eigenvalue weighted by molar-refractivity contribution is 6.34. The fourth-order valence-electron chi connectivity index (χ4n) is 1.97. The highest BCUT2D eigenvalue weighted by Crippen LogP contribution is 2.23. The lowest BCUT2D eigenvalue weighted by Gasteiger charge is -2.08. The molecule has 0 bridgehead atoms. The molecular formula is C17H15ClO4. The zero-order valence-corrected chi connectivity index (χ0v) is 12.8. The Morgan fingerprint density at radius 2 is 1.73 bits per heavy atom. The lowest BCUT2D eigenvalue weighted by Crippen LogP contribution is -2.01. The minimum absolute atomic E-state index is 0.00323. The number of rotatable bonds is 6. The molecular weight excluding hydrogens is 304 g/mol. The SMILES string of the molecule is CC(=O)c1ccc(OCc2ccc(CC(=O)O)cc2)cc1Cl. The second kappa shape index (κ2) is 7.09. The third kappa shape index (κ3) is 4.33. The molecule has 2 rings (SSSR count). The Kier molecular flexibility index (Phi) is 5.17. The van der Waals surface area contributed by atoms with Crippen LogP contribution < -0.4 is 4.74 Å². The molecule has 0 aliphatic rings. The summed E-state index contributed by atoms with van der Waals surface area (Å²) < 4.78 is 5.62. The number of hydrogen-bond donors (Lipinski definition) is 1. The van der Waals surface area contributed by atoms with Gasteiger partial charge in [-0.3, -0.25) is 9.59 Å². The molecule has 5 heteroatoms. The van der Waals surface area contributed by atoms with E-state index in [4.69, 9.17) is 21.4 Å². The minimum atomic E-state index is -0.857. The fourth-order valence-corrected chi connectivity index (χ4v) is 2.27. The first-order valence-electron chi connectivity index (χ1n) is 6.68. The van der Waals surface area contributed by atoms with E-state index in [2.05, 4.69) is 0 Å². The molecule has 0 aliphatic heterocycles. The van der Waals surface area contributed by atoms with E-state index in [0.29, 0.717) is 22.9 Å². The van der Waals surface area contributed by atoms with E-state index in [9.17, 15) is 9.59 Å². The van der Waals surface area contributed by atoms with E-state index in [-0.39, 0.29) is 12.2 Å². The van der Waals surface area contributed by atoms with E-state index < -0.39 is 5.97 Å². The Morgan fingerprint density at radius 3 is 2.27 bits per heavy atom. The molecule has 0 heterocycles. The summed E-state index contributed by atoms with van der Waals surface area (Å²) >= 11 is 6.02. The number of ketones is 1. The van der Waals surface area contributed by atoms with Crippen molar-refractivity contribution in [3.8, 4) is 5.75 Å². The molecule has 114 valence electrons. The van der Waals surface area contributed by atoms with Crippen LogP contribution in [-0.2, 0) is 17.8 Å². The predicted octanol–water partition coefficient (Wildman–Crippen LogP) is 3.75. The van der Waals surface area contributed by atoms with Gasteiger partial charge in [0, 0.05) is 5.56 Å². The van der Waals surface area contributed by atoms with Gasteiger partial charge in [-0.2, -0.15) is 0 Å². The lowest BCUT2D eigenvalue weighted by molar-refractivity contribution is -0.136. The molecule has 0 aromatic heterocycles. The smallest absolute Gasteiger partial charge is 0.307 e. The van der Waals surface area contributed by atoms with E-state index in [0.717, 1.165) is 11.1 Å². The molecule has 0 saturated heterocycles. The maximum atomic E-state index is 11.3. The molecule has 4 nitrogen and oxygen atoms in total. The minimum Gasteiger partial charge on any atom is -0.489 e. The monoisotopic (exact) mass is 318 g/mol. The van der Waals surface area contributed by atoms with Gasteiger partial charge in [0.15, 0.2) is 5.78 Å². The number of carbonyl (C=O) groups excluding carboxylic acids is 1. The van der Waals surface area contributed by atoms with Crippen LogP contribution in [0.3, 0.4) is 0 Å². The highest BCUT2D eigenvalue weighted by atomic mass is 35.5. The Labute approximate surface area is 133 Å². The normalized spacial score (nSPS) is 10.3. The number of carboxylic acids is 1. The Balaban J connectivity index is 1.99. The van der Waals surface area contributed by atoms with Crippen molar-refractivity contribution >= 4 is 23.4 Å². The molecule has 2 aromatic carbocycles. The molecule has 0 fully saturated rings. The second-order valence-electron chi connectivity index (χ2n) is 4.87. The summed E-state index contributed by atoms with van der Waals surface area (Å²) in [5, 5.41) is 9.08. The first kappa shape index (κ1) is 16.0. The summed E-state index contributed by atoms with van der Waals surface area (Å²) in [5.41, 5.74) is 2.12. The first-order chi connectivity index (χ1) is 10.5. The van der Waals surface area contributed by atoms with Crippen LogP contribution in [0.15, 0.2) is 42.5 Å². The number of aliphatic carboxylic acids is 1. The second-order valence-corrected chi connectivity index (χ2v) is 5.28. The van der Waals surface area contributed by atoms with E-state index in [1.54, 1.807) is 30.3 Å². The average molecular weight is 319 g/mol. The maximum Gasteiger partial charge on any atom is 0.307 e. The Morgan fingerprint density at radius 1 is 1.09 bits per heavy atom. The van der Waals surface area contributed by atoms with Gasteiger partial charge in [0.25, 0.3) is 0 Å². The summed E-state index contributed by atoms with van der Waals surface area (Å²) in [4.78, 5) is 21.9. The van der Waals surface area contributed by atoms with Crippen LogP contribution in [0.1, 0.15) is 28.4 Å². The molecule has 0 spiro atoms. The van der Waals surface area contributed by atoms with Crippen LogP contribution in [0.2, 0.25) is 5.02 Å². The first-order valence-corrected chi connectivity index (χ1v) is 7.06. The number of ether oxygens (including phenoxy) is 1. The molecule has 0 unspecified atom stereocenters. The van der Waals surface area contributed by atoms with Gasteiger partial charge in [-0.15, -0.1) is 0 Å². The van der Waals surface area contributed by atoms with Crippen LogP contribution in [0.25, 0.3) is 0 Å². The third-order valence-corrected chi connectivity index (χ3v) is 3.42. The van der Waals surface area contributed by atoms with Gasteiger partial charge < -0.3 is 9.84 Å². The maximum absolute atomic E-state index is 11.3. The van der Waals surface area contributed by atoms with Crippen LogP contribution in [0.4, 0.5) is 0 Å². The van der Waals surface area contributed by atoms with Crippen molar-refractivity contribution in [2.24, 2.45) is 0 Å². The standard InChI is InChI=1S/C17H15ClO4/c1-11(19)15-7-6-14(9-16(15)18)22-10-13-4-2-12(3-5-13)8-17(20)21/h2-7,9H,8,10H2,1H3,(H,20,21).